The smallest absolute Gasteiger partial charge is 0.228 e. The second-order valence-electron chi connectivity index (χ2n) is 6.11. The minimum Gasteiger partial charge on any atom is -0.341 e. The van der Waals surface area contributed by atoms with Gasteiger partial charge in [0.15, 0.2) is 0 Å². The van der Waals surface area contributed by atoms with Gasteiger partial charge in [-0.05, 0) is 13.3 Å². The van der Waals surface area contributed by atoms with Crippen LogP contribution < -0.4 is 0 Å². The molecule has 3 rings (SSSR count). The Morgan fingerprint density at radius 2 is 2.00 bits per heavy atom. The summed E-state index contributed by atoms with van der Waals surface area (Å²) in [6, 6.07) is 0.684. The highest BCUT2D eigenvalue weighted by Crippen LogP contribution is 2.21. The van der Waals surface area contributed by atoms with Gasteiger partial charge < -0.3 is 4.90 Å². The molecule has 1 aromatic rings. The van der Waals surface area contributed by atoms with Crippen LogP contribution in [0.5, 0.6) is 0 Å². The molecule has 0 radical (unpaired) electrons. The second kappa shape index (κ2) is 8.74. The highest BCUT2D eigenvalue weighted by atomic mass is 32.2. The van der Waals surface area contributed by atoms with Gasteiger partial charge in [0.25, 0.3) is 0 Å². The fourth-order valence-corrected chi connectivity index (χ4v) is 6.36. The second-order valence-corrected chi connectivity index (χ2v) is 9.47. The van der Waals surface area contributed by atoms with Crippen LogP contribution >= 0.6 is 34.9 Å². The fraction of sp³-hybridized carbons (Fsp3) is 0.750. The molecule has 0 atom stereocenters. The third kappa shape index (κ3) is 5.11. The van der Waals surface area contributed by atoms with Crippen LogP contribution in [0.2, 0.25) is 0 Å². The molecule has 0 aliphatic carbocycles. The first kappa shape index (κ1) is 17.6. The molecular formula is C16H25N3OS3. The minimum atomic E-state index is 0.238. The van der Waals surface area contributed by atoms with Crippen LogP contribution in [0.25, 0.3) is 0 Å². The van der Waals surface area contributed by atoms with Crippen molar-refractivity contribution in [2.75, 3.05) is 49.2 Å². The van der Waals surface area contributed by atoms with Crippen molar-refractivity contribution in [2.45, 2.75) is 25.8 Å². The molecule has 4 nitrogen and oxygen atoms in total. The van der Waals surface area contributed by atoms with Crippen molar-refractivity contribution in [1.29, 1.82) is 0 Å². The Labute approximate surface area is 151 Å². The van der Waals surface area contributed by atoms with Crippen LogP contribution in [0, 0.1) is 6.92 Å². The summed E-state index contributed by atoms with van der Waals surface area (Å²) in [5, 5.41) is 3.05. The van der Waals surface area contributed by atoms with Crippen molar-refractivity contribution in [2.24, 2.45) is 0 Å². The van der Waals surface area contributed by atoms with Crippen molar-refractivity contribution in [3.8, 4) is 0 Å². The molecule has 0 unspecified atom stereocenters. The monoisotopic (exact) mass is 371 g/mol. The van der Waals surface area contributed by atoms with E-state index in [9.17, 15) is 4.79 Å². The van der Waals surface area contributed by atoms with Gasteiger partial charge in [0, 0.05) is 60.6 Å². The highest BCUT2D eigenvalue weighted by Gasteiger charge is 2.25. The lowest BCUT2D eigenvalue weighted by atomic mass is 10.3. The molecule has 1 amide bonds. The van der Waals surface area contributed by atoms with Crippen LogP contribution in [-0.4, -0.2) is 75.9 Å². The van der Waals surface area contributed by atoms with E-state index in [-0.39, 0.29) is 5.91 Å². The van der Waals surface area contributed by atoms with Gasteiger partial charge >= 0.3 is 0 Å². The van der Waals surface area contributed by atoms with Crippen molar-refractivity contribution >= 4 is 40.8 Å². The maximum absolute atomic E-state index is 12.5. The molecule has 0 N–H and O–H groups in total. The lowest BCUT2D eigenvalue weighted by Crippen LogP contribution is -2.42. The quantitative estimate of drug-likeness (QED) is 0.815. The lowest BCUT2D eigenvalue weighted by Gasteiger charge is -2.29. The Hall–Kier alpha value is -0.240. The first-order valence-electron chi connectivity index (χ1n) is 8.30. The van der Waals surface area contributed by atoms with E-state index in [0.717, 1.165) is 43.3 Å². The van der Waals surface area contributed by atoms with Gasteiger partial charge in [0.2, 0.25) is 5.91 Å². The summed E-state index contributed by atoms with van der Waals surface area (Å²) >= 11 is 5.79. The number of thioether (sulfide) groups is 2. The lowest BCUT2D eigenvalue weighted by molar-refractivity contribution is -0.130. The van der Waals surface area contributed by atoms with Crippen LogP contribution in [0.4, 0.5) is 0 Å². The van der Waals surface area contributed by atoms with Gasteiger partial charge in [-0.1, -0.05) is 0 Å². The predicted octanol–water partition coefficient (Wildman–Crippen LogP) is 2.38. The van der Waals surface area contributed by atoms with Crippen molar-refractivity contribution in [1.82, 2.24) is 14.8 Å². The number of carbonyl (C=O) groups excluding carboxylic acids is 1. The summed E-state index contributed by atoms with van der Waals surface area (Å²) < 4.78 is 0. The van der Waals surface area contributed by atoms with Crippen LogP contribution in [0.3, 0.4) is 0 Å². The van der Waals surface area contributed by atoms with Crippen LogP contribution in [0.15, 0.2) is 5.38 Å². The number of nitrogens with zero attached hydrogens (tertiary/aromatic N) is 3. The summed E-state index contributed by atoms with van der Waals surface area (Å²) in [5.74, 6) is 5.30. The number of aromatic nitrogens is 1. The van der Waals surface area contributed by atoms with Gasteiger partial charge in [-0.15, -0.1) is 11.3 Å². The zero-order valence-corrected chi connectivity index (χ0v) is 16.1. The van der Waals surface area contributed by atoms with E-state index >= 15 is 0 Å². The standard InChI is InChI=1S/C16H25N3OS3/c1-13-17-14(10-23-13)9-16(20)19-4-2-3-18(5-6-19)15-11-21-7-8-22-12-15/h10,15H,2-9,11-12H2,1H3. The molecule has 2 fully saturated rings. The van der Waals surface area contributed by atoms with Crippen LogP contribution in [-0.2, 0) is 11.2 Å². The molecule has 0 aromatic carbocycles. The summed E-state index contributed by atoms with van der Waals surface area (Å²) in [6.45, 7) is 5.91. The number of carbonyl (C=O) groups is 1. The topological polar surface area (TPSA) is 36.4 Å². The van der Waals surface area contributed by atoms with E-state index in [1.54, 1.807) is 11.3 Å². The fourth-order valence-electron chi connectivity index (χ4n) is 3.12. The molecule has 0 saturated carbocycles. The Morgan fingerprint density at radius 1 is 1.22 bits per heavy atom. The number of rotatable bonds is 3. The normalized spacial score (nSPS) is 21.9. The summed E-state index contributed by atoms with van der Waals surface area (Å²) in [6.07, 6.45) is 1.55. The Morgan fingerprint density at radius 3 is 2.70 bits per heavy atom. The van der Waals surface area contributed by atoms with Crippen molar-refractivity contribution in [3.63, 3.8) is 0 Å². The van der Waals surface area contributed by atoms with E-state index in [0.29, 0.717) is 12.5 Å². The number of thiazole rings is 1. The molecule has 23 heavy (non-hydrogen) atoms. The Kier molecular flexibility index (Phi) is 6.68. The predicted molar refractivity (Wildman–Crippen MR) is 102 cm³/mol. The Balaban J connectivity index is 1.52. The minimum absolute atomic E-state index is 0.238. The molecule has 0 bridgehead atoms. The molecule has 2 aliphatic heterocycles. The molecule has 128 valence electrons. The SMILES string of the molecule is Cc1nc(CC(=O)N2CCCN(C3CSCCSC3)CC2)cs1. The zero-order chi connectivity index (χ0) is 16.1. The van der Waals surface area contributed by atoms with E-state index in [1.165, 1.54) is 23.0 Å². The van der Waals surface area contributed by atoms with Crippen LogP contribution in [0.1, 0.15) is 17.1 Å². The van der Waals surface area contributed by atoms with Crippen molar-refractivity contribution in [3.05, 3.63) is 16.1 Å². The molecule has 2 aliphatic rings. The number of hydrogen-bond acceptors (Lipinski definition) is 6. The molecule has 7 heteroatoms. The largest absolute Gasteiger partial charge is 0.341 e. The van der Waals surface area contributed by atoms with Gasteiger partial charge in [0.05, 0.1) is 17.1 Å². The molecule has 2 saturated heterocycles. The van der Waals surface area contributed by atoms with Crippen molar-refractivity contribution < 1.29 is 4.79 Å². The maximum Gasteiger partial charge on any atom is 0.228 e. The van der Waals surface area contributed by atoms with E-state index < -0.39 is 0 Å². The van der Waals surface area contributed by atoms with E-state index in [1.807, 2.05) is 17.2 Å². The summed E-state index contributed by atoms with van der Waals surface area (Å²) in [5.41, 5.74) is 0.926. The Bertz CT molecular complexity index is 514. The summed E-state index contributed by atoms with van der Waals surface area (Å²) in [4.78, 5) is 21.6. The van der Waals surface area contributed by atoms with Gasteiger partial charge in [0.1, 0.15) is 0 Å². The first-order chi connectivity index (χ1) is 11.2. The highest BCUT2D eigenvalue weighted by molar-refractivity contribution is 8.03. The number of hydrogen-bond donors (Lipinski definition) is 0. The van der Waals surface area contributed by atoms with E-state index in [2.05, 4.69) is 33.4 Å². The van der Waals surface area contributed by atoms with Gasteiger partial charge in [-0.3, -0.25) is 9.69 Å². The molecule has 1 aromatic heterocycles. The summed E-state index contributed by atoms with van der Waals surface area (Å²) in [7, 11) is 0. The third-order valence-corrected chi connectivity index (χ3v) is 7.70. The average molecular weight is 372 g/mol. The molecule has 0 spiro atoms. The number of amides is 1. The first-order valence-corrected chi connectivity index (χ1v) is 11.5. The number of aryl methyl sites for hydroxylation is 1. The maximum atomic E-state index is 12.5. The molecule has 3 heterocycles. The van der Waals surface area contributed by atoms with Gasteiger partial charge in [-0.25, -0.2) is 4.98 Å². The average Bonchev–Trinajstić information content (AvgIpc) is 2.79. The van der Waals surface area contributed by atoms with Gasteiger partial charge in [-0.2, -0.15) is 23.5 Å². The van der Waals surface area contributed by atoms with E-state index in [4.69, 9.17) is 0 Å². The third-order valence-electron chi connectivity index (χ3n) is 4.39. The molecular weight excluding hydrogens is 346 g/mol. The zero-order valence-electron chi connectivity index (χ0n) is 13.7.